The van der Waals surface area contributed by atoms with E-state index in [4.69, 9.17) is 14.4 Å². The van der Waals surface area contributed by atoms with Gasteiger partial charge in [0.2, 0.25) is 0 Å². The van der Waals surface area contributed by atoms with Crippen LogP contribution in [0.1, 0.15) is 45.4 Å². The van der Waals surface area contributed by atoms with Gasteiger partial charge in [0.05, 0.1) is 19.3 Å². The average molecular weight is 398 g/mol. The summed E-state index contributed by atoms with van der Waals surface area (Å²) in [4.78, 5) is 48.8. The molecule has 2 unspecified atom stereocenters. The molecule has 3 atom stereocenters. The highest BCUT2D eigenvalue weighted by molar-refractivity contribution is 5.88. The van der Waals surface area contributed by atoms with Crippen molar-refractivity contribution in [1.29, 1.82) is 0 Å². The number of hydrogen-bond donors (Lipinski definition) is 2. The van der Waals surface area contributed by atoms with E-state index in [2.05, 4.69) is 10.8 Å². The Bertz CT molecular complexity index is 566. The summed E-state index contributed by atoms with van der Waals surface area (Å²) in [5.74, 6) is -0.853. The third kappa shape index (κ3) is 5.12. The van der Waals surface area contributed by atoms with Crippen molar-refractivity contribution >= 4 is 17.9 Å². The molecule has 3 heterocycles. The molecule has 2 bridgehead atoms. The van der Waals surface area contributed by atoms with Crippen molar-refractivity contribution in [3.8, 4) is 0 Å². The second-order valence-corrected chi connectivity index (χ2v) is 7.36. The van der Waals surface area contributed by atoms with E-state index in [1.54, 1.807) is 6.92 Å². The summed E-state index contributed by atoms with van der Waals surface area (Å²) in [5.41, 5.74) is 2.50. The molecular weight excluding hydrogens is 368 g/mol. The first-order chi connectivity index (χ1) is 13.6. The van der Waals surface area contributed by atoms with E-state index < -0.39 is 18.0 Å². The lowest BCUT2D eigenvalue weighted by Crippen LogP contribution is -2.50. The van der Waals surface area contributed by atoms with Crippen LogP contribution in [-0.4, -0.2) is 78.9 Å². The van der Waals surface area contributed by atoms with Crippen molar-refractivity contribution in [2.24, 2.45) is 0 Å². The molecular formula is C18H30N4O6. The van der Waals surface area contributed by atoms with Gasteiger partial charge in [-0.05, 0) is 39.2 Å². The first kappa shape index (κ1) is 20.8. The van der Waals surface area contributed by atoms with Gasteiger partial charge in [0, 0.05) is 12.6 Å². The largest absolute Gasteiger partial charge is 0.464 e. The number of piperidine rings is 1. The molecule has 3 aliphatic heterocycles. The maximum atomic E-state index is 12.6. The van der Waals surface area contributed by atoms with E-state index in [1.807, 2.05) is 0 Å². The molecule has 0 aromatic carbocycles. The number of carbonyl (C=O) groups excluding carboxylic acids is 3. The van der Waals surface area contributed by atoms with Crippen molar-refractivity contribution in [2.45, 2.75) is 63.6 Å². The Balaban J connectivity index is 1.45. The monoisotopic (exact) mass is 398 g/mol. The Morgan fingerprint density at radius 3 is 2.89 bits per heavy atom. The molecule has 0 aromatic rings. The van der Waals surface area contributed by atoms with Gasteiger partial charge in [-0.25, -0.2) is 15.1 Å². The maximum Gasteiger partial charge on any atom is 0.345 e. The average Bonchev–Trinajstić information content (AvgIpc) is 2.87. The van der Waals surface area contributed by atoms with E-state index in [0.29, 0.717) is 26.0 Å². The van der Waals surface area contributed by atoms with Gasteiger partial charge in [-0.1, -0.05) is 12.8 Å². The smallest absolute Gasteiger partial charge is 0.345 e. The molecule has 0 radical (unpaired) electrons. The second kappa shape index (κ2) is 10.0. The number of ether oxygens (including phenoxy) is 1. The SMILES string of the molecule is CCOC(=O)CON1C(=O)N2CC1CCC2C(=O)NOC[C@H]1CCCCCN1. The molecule has 2 N–H and O–H groups in total. The van der Waals surface area contributed by atoms with Gasteiger partial charge in [-0.15, -0.1) is 0 Å². The highest BCUT2D eigenvalue weighted by Crippen LogP contribution is 2.30. The molecule has 3 fully saturated rings. The quantitative estimate of drug-likeness (QED) is 0.448. The molecule has 0 spiro atoms. The Morgan fingerprint density at radius 2 is 2.07 bits per heavy atom. The minimum Gasteiger partial charge on any atom is -0.464 e. The van der Waals surface area contributed by atoms with Crippen LogP contribution in [0.3, 0.4) is 0 Å². The van der Waals surface area contributed by atoms with Gasteiger partial charge >= 0.3 is 12.0 Å². The first-order valence-electron chi connectivity index (χ1n) is 10.1. The highest BCUT2D eigenvalue weighted by Gasteiger charge is 2.48. The van der Waals surface area contributed by atoms with Crippen molar-refractivity contribution in [3.05, 3.63) is 0 Å². The van der Waals surface area contributed by atoms with Crippen LogP contribution in [0.5, 0.6) is 0 Å². The van der Waals surface area contributed by atoms with Crippen LogP contribution >= 0.6 is 0 Å². The van der Waals surface area contributed by atoms with Crippen LogP contribution in [-0.2, 0) is 24.0 Å². The lowest BCUT2D eigenvalue weighted by molar-refractivity contribution is -0.172. The summed E-state index contributed by atoms with van der Waals surface area (Å²) < 4.78 is 4.81. The summed E-state index contributed by atoms with van der Waals surface area (Å²) in [7, 11) is 0. The maximum absolute atomic E-state index is 12.6. The number of amides is 3. The number of carbonyl (C=O) groups is 3. The predicted octanol–water partition coefficient (Wildman–Crippen LogP) is 0.330. The van der Waals surface area contributed by atoms with Gasteiger partial charge in [0.15, 0.2) is 6.61 Å². The number of esters is 1. The minimum absolute atomic E-state index is 0.165. The third-order valence-corrected chi connectivity index (χ3v) is 5.37. The minimum atomic E-state index is -0.595. The third-order valence-electron chi connectivity index (χ3n) is 5.37. The lowest BCUT2D eigenvalue weighted by Gasteiger charge is -2.29. The van der Waals surface area contributed by atoms with Crippen LogP contribution in [0.2, 0.25) is 0 Å². The molecule has 0 saturated carbocycles. The van der Waals surface area contributed by atoms with Crippen LogP contribution in [0.4, 0.5) is 4.79 Å². The van der Waals surface area contributed by atoms with Crippen LogP contribution < -0.4 is 10.8 Å². The van der Waals surface area contributed by atoms with E-state index >= 15 is 0 Å². The van der Waals surface area contributed by atoms with Crippen molar-refractivity contribution in [2.75, 3.05) is 32.9 Å². The molecule has 10 heteroatoms. The van der Waals surface area contributed by atoms with Crippen molar-refractivity contribution in [3.63, 3.8) is 0 Å². The predicted molar refractivity (Wildman–Crippen MR) is 97.7 cm³/mol. The van der Waals surface area contributed by atoms with E-state index in [9.17, 15) is 14.4 Å². The molecule has 0 aromatic heterocycles. The van der Waals surface area contributed by atoms with Gasteiger partial charge in [-0.2, -0.15) is 5.06 Å². The van der Waals surface area contributed by atoms with Crippen molar-refractivity contribution in [1.82, 2.24) is 20.8 Å². The number of urea groups is 1. The van der Waals surface area contributed by atoms with Crippen LogP contribution in [0.25, 0.3) is 0 Å². The Labute approximate surface area is 164 Å². The van der Waals surface area contributed by atoms with Crippen molar-refractivity contribution < 1.29 is 28.8 Å². The van der Waals surface area contributed by atoms with E-state index in [0.717, 1.165) is 25.8 Å². The lowest BCUT2D eigenvalue weighted by atomic mass is 10.0. The van der Waals surface area contributed by atoms with Gasteiger partial charge < -0.3 is 15.0 Å². The Morgan fingerprint density at radius 1 is 1.21 bits per heavy atom. The van der Waals surface area contributed by atoms with Gasteiger partial charge in [-0.3, -0.25) is 14.5 Å². The summed E-state index contributed by atoms with van der Waals surface area (Å²) in [5, 5.41) is 4.60. The normalized spacial score (nSPS) is 27.5. The topological polar surface area (TPSA) is 109 Å². The Hall–Kier alpha value is -1.91. The molecule has 158 valence electrons. The second-order valence-electron chi connectivity index (χ2n) is 7.36. The summed E-state index contributed by atoms with van der Waals surface area (Å²) >= 11 is 0. The number of nitrogens with one attached hydrogen (secondary N) is 2. The standard InChI is InChI=1S/C18H30N4O6/c1-2-26-16(23)12-28-22-14-7-8-15(21(10-14)18(22)25)17(24)20-27-11-13-6-4-3-5-9-19-13/h13-15,19H,2-12H2,1H3,(H,20,24)/t13-,14?,15?/m1/s1. The fourth-order valence-corrected chi connectivity index (χ4v) is 3.92. The van der Waals surface area contributed by atoms with Crippen LogP contribution in [0.15, 0.2) is 0 Å². The van der Waals surface area contributed by atoms with Gasteiger partial charge in [0.25, 0.3) is 5.91 Å². The molecule has 28 heavy (non-hydrogen) atoms. The van der Waals surface area contributed by atoms with E-state index in [-0.39, 0.29) is 31.2 Å². The fraction of sp³-hybridized carbons (Fsp3) is 0.833. The zero-order valence-corrected chi connectivity index (χ0v) is 16.4. The number of nitrogens with zero attached hydrogens (tertiary/aromatic N) is 2. The number of hydrogen-bond acceptors (Lipinski definition) is 7. The molecule has 10 nitrogen and oxygen atoms in total. The zero-order valence-electron chi connectivity index (χ0n) is 16.4. The van der Waals surface area contributed by atoms with E-state index in [1.165, 1.54) is 16.4 Å². The fourth-order valence-electron chi connectivity index (χ4n) is 3.92. The molecule has 3 rings (SSSR count). The Kier molecular flexibility index (Phi) is 7.46. The van der Waals surface area contributed by atoms with Crippen LogP contribution in [0, 0.1) is 0 Å². The zero-order chi connectivity index (χ0) is 19.9. The van der Waals surface area contributed by atoms with Gasteiger partial charge in [0.1, 0.15) is 6.04 Å². The summed E-state index contributed by atoms with van der Waals surface area (Å²) in [6.45, 7) is 3.40. The molecule has 3 aliphatic rings. The summed E-state index contributed by atoms with van der Waals surface area (Å²) in [6, 6.07) is -0.930. The first-order valence-corrected chi connectivity index (χ1v) is 10.1. The molecule has 3 amide bonds. The number of hydroxylamine groups is 3. The number of fused-ring (bicyclic) bond motifs is 2. The summed E-state index contributed by atoms with van der Waals surface area (Å²) in [6.07, 6.45) is 5.70. The number of rotatable bonds is 8. The molecule has 0 aliphatic carbocycles. The highest BCUT2D eigenvalue weighted by atomic mass is 16.7. The molecule has 3 saturated heterocycles.